The van der Waals surface area contributed by atoms with E-state index in [0.717, 1.165) is 5.01 Å². The molecule has 1 saturated heterocycles. The molecular formula is C21H25F3N2O2. The van der Waals surface area contributed by atoms with Crippen LogP contribution in [0.2, 0.25) is 0 Å². The highest BCUT2D eigenvalue weighted by atomic mass is 19.4. The lowest BCUT2D eigenvalue weighted by Gasteiger charge is -2.38. The summed E-state index contributed by atoms with van der Waals surface area (Å²) in [7, 11) is 0. The first kappa shape index (κ1) is 20.5. The number of fused-ring (bicyclic) bond motifs is 1. The smallest absolute Gasteiger partial charge is 0.409 e. The molecule has 1 amide bonds. The van der Waals surface area contributed by atoms with E-state index >= 15 is 0 Å². The summed E-state index contributed by atoms with van der Waals surface area (Å²) in [5, 5.41) is 2.08. The number of hydrazine groups is 1. The molecule has 28 heavy (non-hydrogen) atoms. The quantitative estimate of drug-likeness (QED) is 0.784. The number of alkyl halides is 3. The molecule has 4 nitrogen and oxygen atoms in total. The number of hydrogen-bond acceptors (Lipinski definition) is 3. The van der Waals surface area contributed by atoms with Crippen molar-refractivity contribution in [2.24, 2.45) is 0 Å². The van der Waals surface area contributed by atoms with Gasteiger partial charge in [0, 0.05) is 17.3 Å². The number of hydrogen-bond donors (Lipinski definition) is 1. The van der Waals surface area contributed by atoms with Gasteiger partial charge in [0.15, 0.2) is 6.04 Å². The van der Waals surface area contributed by atoms with E-state index in [1.165, 1.54) is 6.07 Å². The third-order valence-electron chi connectivity index (χ3n) is 4.67. The number of amides is 1. The van der Waals surface area contributed by atoms with Gasteiger partial charge in [-0.1, -0.05) is 30.3 Å². The maximum Gasteiger partial charge on any atom is 0.409 e. The Hall–Kier alpha value is -2.28. The van der Waals surface area contributed by atoms with Crippen molar-refractivity contribution >= 4 is 16.7 Å². The fourth-order valence-electron chi connectivity index (χ4n) is 3.66. The van der Waals surface area contributed by atoms with Crippen LogP contribution >= 0.6 is 0 Å². The second kappa shape index (κ2) is 6.65. The van der Waals surface area contributed by atoms with Crippen molar-refractivity contribution in [3.63, 3.8) is 0 Å². The van der Waals surface area contributed by atoms with Crippen LogP contribution in [0.3, 0.4) is 0 Å². The summed E-state index contributed by atoms with van der Waals surface area (Å²) in [5.74, 6) is -0.0381. The minimum atomic E-state index is -4.60. The van der Waals surface area contributed by atoms with Gasteiger partial charge in [-0.15, -0.1) is 0 Å². The average molecular weight is 394 g/mol. The van der Waals surface area contributed by atoms with Crippen molar-refractivity contribution < 1.29 is 22.7 Å². The Morgan fingerprint density at radius 3 is 2.21 bits per heavy atom. The van der Waals surface area contributed by atoms with Crippen LogP contribution in [0.5, 0.6) is 5.75 Å². The second-order valence-electron chi connectivity index (χ2n) is 8.75. The van der Waals surface area contributed by atoms with Crippen molar-refractivity contribution in [2.75, 3.05) is 0 Å². The molecule has 0 radical (unpaired) electrons. The van der Waals surface area contributed by atoms with Crippen LogP contribution in [-0.4, -0.2) is 28.2 Å². The number of benzene rings is 2. The molecule has 2 aromatic rings. The Labute approximate surface area is 162 Å². The van der Waals surface area contributed by atoms with Gasteiger partial charge in [-0.2, -0.15) is 18.2 Å². The van der Waals surface area contributed by atoms with E-state index < -0.39 is 29.3 Å². The average Bonchev–Trinajstić information content (AvgIpc) is 2.77. The largest absolute Gasteiger partial charge is 0.487 e. The maximum absolute atomic E-state index is 14.3. The van der Waals surface area contributed by atoms with Crippen LogP contribution < -0.4 is 10.2 Å². The van der Waals surface area contributed by atoms with E-state index in [1.807, 2.05) is 20.8 Å². The third kappa shape index (κ3) is 3.94. The molecule has 0 aromatic heterocycles. The molecule has 0 spiro atoms. The molecule has 1 N–H and O–H groups in total. The van der Waals surface area contributed by atoms with Gasteiger partial charge in [0.25, 0.3) is 0 Å². The highest BCUT2D eigenvalue weighted by Crippen LogP contribution is 2.46. The van der Waals surface area contributed by atoms with Crippen molar-refractivity contribution in [3.05, 3.63) is 42.0 Å². The van der Waals surface area contributed by atoms with Crippen LogP contribution in [0.25, 0.3) is 10.8 Å². The molecule has 0 aliphatic carbocycles. The normalized spacial score (nSPS) is 18.9. The molecule has 1 fully saturated rings. The highest BCUT2D eigenvalue weighted by Gasteiger charge is 2.53. The van der Waals surface area contributed by atoms with Crippen LogP contribution in [0.15, 0.2) is 36.4 Å². The van der Waals surface area contributed by atoms with Gasteiger partial charge in [0.05, 0.1) is 0 Å². The number of rotatable bonds is 3. The first-order chi connectivity index (χ1) is 12.8. The van der Waals surface area contributed by atoms with E-state index in [9.17, 15) is 18.0 Å². The third-order valence-corrected chi connectivity index (χ3v) is 4.67. The summed E-state index contributed by atoms with van der Waals surface area (Å²) >= 11 is 0. The Bertz CT molecular complexity index is 895. The summed E-state index contributed by atoms with van der Waals surface area (Å²) < 4.78 is 48.9. The van der Waals surface area contributed by atoms with Crippen LogP contribution in [-0.2, 0) is 4.79 Å². The van der Waals surface area contributed by atoms with Crippen molar-refractivity contribution in [1.82, 2.24) is 10.4 Å². The lowest BCUT2D eigenvalue weighted by atomic mass is 9.93. The zero-order valence-corrected chi connectivity index (χ0v) is 16.6. The van der Waals surface area contributed by atoms with E-state index in [4.69, 9.17) is 4.74 Å². The summed E-state index contributed by atoms with van der Waals surface area (Å²) in [6.07, 6.45) is -4.60. The number of halogens is 3. The minimum Gasteiger partial charge on any atom is -0.487 e. The molecule has 7 heteroatoms. The van der Waals surface area contributed by atoms with Crippen LogP contribution in [0.1, 0.15) is 52.6 Å². The number of nitrogens with zero attached hydrogens (tertiary/aromatic N) is 1. The molecule has 1 aliphatic heterocycles. The lowest BCUT2D eigenvalue weighted by Crippen LogP contribution is -2.51. The fourth-order valence-corrected chi connectivity index (χ4v) is 3.66. The molecule has 1 heterocycles. The van der Waals surface area contributed by atoms with Crippen LogP contribution in [0.4, 0.5) is 13.2 Å². The predicted octanol–water partition coefficient (Wildman–Crippen LogP) is 5.14. The van der Waals surface area contributed by atoms with E-state index in [2.05, 4.69) is 5.43 Å². The highest BCUT2D eigenvalue weighted by molar-refractivity contribution is 5.92. The van der Waals surface area contributed by atoms with Gasteiger partial charge < -0.3 is 4.74 Å². The van der Waals surface area contributed by atoms with Gasteiger partial charge in [-0.3, -0.25) is 10.2 Å². The lowest BCUT2D eigenvalue weighted by molar-refractivity contribution is -0.203. The summed E-state index contributed by atoms with van der Waals surface area (Å²) in [4.78, 5) is 11.9. The number of nitrogens with one attached hydrogen (secondary N) is 1. The molecule has 3 rings (SSSR count). The Kier molecular flexibility index (Phi) is 4.86. The van der Waals surface area contributed by atoms with Gasteiger partial charge in [-0.25, -0.2) is 0 Å². The number of carbonyl (C=O) groups is 1. The van der Waals surface area contributed by atoms with Gasteiger partial charge >= 0.3 is 6.18 Å². The van der Waals surface area contributed by atoms with Gasteiger partial charge in [-0.05, 0) is 51.6 Å². The molecule has 2 aromatic carbocycles. The van der Waals surface area contributed by atoms with E-state index in [0.29, 0.717) is 16.5 Å². The Balaban J connectivity index is 2.25. The van der Waals surface area contributed by atoms with Gasteiger partial charge in [0.1, 0.15) is 11.4 Å². The molecule has 1 aliphatic rings. The molecule has 0 bridgehead atoms. The van der Waals surface area contributed by atoms with Crippen molar-refractivity contribution in [2.45, 2.75) is 64.4 Å². The van der Waals surface area contributed by atoms with E-state index in [-0.39, 0.29) is 12.0 Å². The topological polar surface area (TPSA) is 41.6 Å². The number of carbonyl (C=O) groups excluding carboxylic acids is 1. The van der Waals surface area contributed by atoms with Gasteiger partial charge in [0.2, 0.25) is 5.91 Å². The van der Waals surface area contributed by atoms with Crippen molar-refractivity contribution in [1.29, 1.82) is 0 Å². The summed E-state index contributed by atoms with van der Waals surface area (Å²) in [5.41, 5.74) is 0.911. The first-order valence-corrected chi connectivity index (χ1v) is 9.16. The first-order valence-electron chi connectivity index (χ1n) is 9.16. The second-order valence-corrected chi connectivity index (χ2v) is 8.75. The predicted molar refractivity (Wildman–Crippen MR) is 102 cm³/mol. The maximum atomic E-state index is 14.3. The van der Waals surface area contributed by atoms with Crippen LogP contribution in [0, 0.1) is 0 Å². The minimum absolute atomic E-state index is 0.00427. The molecule has 152 valence electrons. The monoisotopic (exact) mass is 394 g/mol. The summed E-state index contributed by atoms with van der Waals surface area (Å²) in [6, 6.07) is 8.02. The Morgan fingerprint density at radius 2 is 1.71 bits per heavy atom. The number of ether oxygens (including phenoxy) is 1. The Morgan fingerprint density at radius 1 is 1.11 bits per heavy atom. The molecule has 0 unspecified atom stereocenters. The SMILES string of the molecule is CC(C)(C)Oc1cccc2cccc([C@H](N3NC(=O)CC3(C)C)C(F)(F)F)c12. The molecule has 1 atom stereocenters. The summed E-state index contributed by atoms with van der Waals surface area (Å²) in [6.45, 7) is 8.79. The molecule has 0 saturated carbocycles. The zero-order chi connectivity index (χ0) is 20.9. The standard InChI is InChI=1S/C21H25F3N2O2/c1-19(2,3)28-15-11-7-9-13-8-6-10-14(17(13)15)18(21(22,23)24)26-20(4,5)12-16(27)25-26/h6-11,18H,12H2,1-5H3,(H,25,27)/t18-/m0/s1. The fraction of sp³-hybridized carbons (Fsp3) is 0.476. The van der Waals surface area contributed by atoms with Crippen molar-refractivity contribution in [3.8, 4) is 5.75 Å². The van der Waals surface area contributed by atoms with E-state index in [1.54, 1.807) is 44.2 Å². The zero-order valence-electron chi connectivity index (χ0n) is 16.6. The molecular weight excluding hydrogens is 369 g/mol.